The zero-order valence-corrected chi connectivity index (χ0v) is 18.0. The van der Waals surface area contributed by atoms with Gasteiger partial charge in [0, 0.05) is 6.20 Å². The molecule has 7 nitrogen and oxygen atoms in total. The number of aryl methyl sites for hydroxylation is 1. The third-order valence-corrected chi connectivity index (χ3v) is 7.58. The predicted molar refractivity (Wildman–Crippen MR) is 118 cm³/mol. The molecule has 1 aromatic heterocycles. The molecule has 1 aliphatic rings. The van der Waals surface area contributed by atoms with Crippen LogP contribution in [0.4, 0.5) is 0 Å². The second-order valence-corrected chi connectivity index (χ2v) is 9.56. The third kappa shape index (κ3) is 3.67. The second kappa shape index (κ2) is 7.91. The van der Waals surface area contributed by atoms with Gasteiger partial charge in [0.15, 0.2) is 16.4 Å². The Morgan fingerprint density at radius 2 is 1.90 bits per heavy atom. The molecule has 156 valence electrons. The molecular formula is C22H16N2O5S2. The molecule has 4 rings (SSSR count). The lowest BCUT2D eigenvalue weighted by atomic mass is 10.2. The summed E-state index contributed by atoms with van der Waals surface area (Å²) in [6.07, 6.45) is 2.80. The van der Waals surface area contributed by atoms with Crippen molar-refractivity contribution >= 4 is 38.4 Å². The van der Waals surface area contributed by atoms with Crippen LogP contribution in [-0.2, 0) is 9.84 Å². The van der Waals surface area contributed by atoms with Crippen LogP contribution in [0, 0.1) is 18.3 Å². The second-order valence-electron chi connectivity index (χ2n) is 6.64. The van der Waals surface area contributed by atoms with Gasteiger partial charge in [-0.2, -0.15) is 5.26 Å². The Kier molecular flexibility index (Phi) is 5.27. The Morgan fingerprint density at radius 1 is 1.19 bits per heavy atom. The zero-order valence-electron chi connectivity index (χ0n) is 16.4. The number of hydrogen-bond donors (Lipinski definition) is 0. The van der Waals surface area contributed by atoms with E-state index in [1.807, 2.05) is 6.92 Å². The van der Waals surface area contributed by atoms with E-state index in [0.717, 1.165) is 21.5 Å². The van der Waals surface area contributed by atoms with Crippen LogP contribution >= 0.6 is 11.3 Å². The van der Waals surface area contributed by atoms with Crippen molar-refractivity contribution in [1.82, 2.24) is 4.57 Å². The molecule has 0 saturated carbocycles. The van der Waals surface area contributed by atoms with Gasteiger partial charge in [0.25, 0.3) is 5.56 Å². The van der Waals surface area contributed by atoms with Gasteiger partial charge in [-0.15, -0.1) is 11.3 Å². The van der Waals surface area contributed by atoms with Crippen molar-refractivity contribution in [1.29, 1.82) is 5.26 Å². The maximum absolute atomic E-state index is 13.1. The smallest absolute Gasteiger partial charge is 0.273 e. The van der Waals surface area contributed by atoms with Crippen molar-refractivity contribution in [2.75, 3.05) is 6.79 Å². The molecule has 3 aromatic rings. The number of benzene rings is 2. The molecule has 0 aliphatic carbocycles. The number of thiazole rings is 1. The molecule has 2 heterocycles. The van der Waals surface area contributed by atoms with Gasteiger partial charge >= 0.3 is 0 Å². The minimum absolute atomic E-state index is 0.00457. The van der Waals surface area contributed by atoms with Crippen LogP contribution in [0.1, 0.15) is 11.1 Å². The van der Waals surface area contributed by atoms with Gasteiger partial charge in [0.05, 0.1) is 9.43 Å². The van der Waals surface area contributed by atoms with E-state index >= 15 is 0 Å². The number of nitrogens with zero attached hydrogens (tertiary/aromatic N) is 2. The van der Waals surface area contributed by atoms with Crippen LogP contribution in [-0.4, -0.2) is 19.8 Å². The maximum atomic E-state index is 13.1. The Hall–Kier alpha value is -3.61. The van der Waals surface area contributed by atoms with Crippen molar-refractivity contribution in [3.8, 4) is 17.6 Å². The molecule has 0 bridgehead atoms. The molecule has 31 heavy (non-hydrogen) atoms. The summed E-state index contributed by atoms with van der Waals surface area (Å²) in [6.45, 7) is 5.56. The molecule has 0 radical (unpaired) electrons. The molecular weight excluding hydrogens is 436 g/mol. The van der Waals surface area contributed by atoms with Crippen LogP contribution in [0.2, 0.25) is 0 Å². The summed E-state index contributed by atoms with van der Waals surface area (Å²) >= 11 is 0.909. The molecule has 0 saturated heterocycles. The first-order valence-corrected chi connectivity index (χ1v) is 11.4. The van der Waals surface area contributed by atoms with E-state index in [0.29, 0.717) is 17.1 Å². The molecule has 0 unspecified atom stereocenters. The van der Waals surface area contributed by atoms with E-state index in [2.05, 4.69) is 6.58 Å². The Bertz CT molecular complexity index is 1520. The number of nitriles is 1. The molecule has 1 aliphatic heterocycles. The molecule has 0 atom stereocenters. The zero-order chi connectivity index (χ0) is 22.2. The van der Waals surface area contributed by atoms with Gasteiger partial charge in [-0.05, 0) is 42.8 Å². The van der Waals surface area contributed by atoms with Gasteiger partial charge in [0.2, 0.25) is 16.6 Å². The van der Waals surface area contributed by atoms with Gasteiger partial charge in [-0.3, -0.25) is 9.36 Å². The number of hydrogen-bond acceptors (Lipinski definition) is 7. The number of aromatic nitrogens is 1. The first-order chi connectivity index (χ1) is 14.8. The Morgan fingerprint density at radius 3 is 2.58 bits per heavy atom. The fourth-order valence-corrected chi connectivity index (χ4v) is 5.65. The fraction of sp³-hybridized carbons (Fsp3) is 0.0909. The van der Waals surface area contributed by atoms with Gasteiger partial charge in [-0.25, -0.2) is 8.42 Å². The first-order valence-electron chi connectivity index (χ1n) is 9.06. The number of fused-ring (bicyclic) bond motifs is 1. The monoisotopic (exact) mass is 452 g/mol. The standard InChI is InChI=1S/C22H16N2O5S2/c1-3-24-21(25)19(11-15-6-9-17-18(10-15)29-13-28-17)30-22(24)20(12-23)31(26,27)16-7-4-14(2)5-8-16/h3-11H,1,13H2,2H3/b19-11-,22-20-. The number of rotatable bonds is 4. The molecule has 2 aromatic carbocycles. The average Bonchev–Trinajstić information content (AvgIpc) is 3.33. The minimum atomic E-state index is -4.13. The quantitative estimate of drug-likeness (QED) is 0.600. The van der Waals surface area contributed by atoms with E-state index < -0.39 is 20.3 Å². The van der Waals surface area contributed by atoms with Crippen molar-refractivity contribution < 1.29 is 17.9 Å². The third-order valence-electron chi connectivity index (χ3n) is 4.63. The van der Waals surface area contributed by atoms with Gasteiger partial charge in [0.1, 0.15) is 10.7 Å². The van der Waals surface area contributed by atoms with Crippen molar-refractivity contribution in [2.24, 2.45) is 0 Å². The van der Waals surface area contributed by atoms with Crippen LogP contribution in [0.5, 0.6) is 11.5 Å². The summed E-state index contributed by atoms with van der Waals surface area (Å²) in [4.78, 5) is 12.4. The molecule has 0 amide bonds. The Labute approximate surface area is 182 Å². The SMILES string of the molecule is C=Cn1c(=O)/c(=C/c2ccc3c(c2)OCO3)s/c1=C(/C#N)S(=O)(=O)c1ccc(C)cc1. The van der Waals surface area contributed by atoms with E-state index in [1.54, 1.807) is 42.5 Å². The largest absolute Gasteiger partial charge is 0.454 e. The van der Waals surface area contributed by atoms with Crippen LogP contribution in [0.3, 0.4) is 0 Å². The number of ether oxygens (including phenoxy) is 2. The highest BCUT2D eigenvalue weighted by molar-refractivity contribution is 8.00. The molecule has 0 N–H and O–H groups in total. The lowest BCUT2D eigenvalue weighted by molar-refractivity contribution is 0.174. The first kappa shape index (κ1) is 20.7. The topological polar surface area (TPSA) is 98.4 Å². The van der Waals surface area contributed by atoms with Crippen LogP contribution < -0.4 is 24.2 Å². The van der Waals surface area contributed by atoms with E-state index in [-0.39, 0.29) is 20.9 Å². The summed E-state index contributed by atoms with van der Waals surface area (Å²) in [5.74, 6) is 1.16. The van der Waals surface area contributed by atoms with E-state index in [9.17, 15) is 18.5 Å². The highest BCUT2D eigenvalue weighted by Crippen LogP contribution is 2.32. The lowest BCUT2D eigenvalue weighted by Gasteiger charge is -2.03. The van der Waals surface area contributed by atoms with Gasteiger partial charge in [-0.1, -0.05) is 30.3 Å². The summed E-state index contributed by atoms with van der Waals surface area (Å²) in [5, 5.41) is 9.70. The highest BCUT2D eigenvalue weighted by atomic mass is 32.2. The van der Waals surface area contributed by atoms with Crippen molar-refractivity contribution in [3.63, 3.8) is 0 Å². The summed E-state index contributed by atoms with van der Waals surface area (Å²) < 4.78 is 38.2. The molecule has 0 spiro atoms. The average molecular weight is 453 g/mol. The van der Waals surface area contributed by atoms with Crippen molar-refractivity contribution in [3.05, 3.63) is 79.7 Å². The minimum Gasteiger partial charge on any atom is -0.454 e. The summed E-state index contributed by atoms with van der Waals surface area (Å²) in [7, 11) is -4.13. The van der Waals surface area contributed by atoms with Crippen molar-refractivity contribution in [2.45, 2.75) is 11.8 Å². The van der Waals surface area contributed by atoms with E-state index in [4.69, 9.17) is 9.47 Å². The van der Waals surface area contributed by atoms with Crippen LogP contribution in [0.25, 0.3) is 17.2 Å². The normalized spacial score (nSPS) is 14.3. The Balaban J connectivity index is 1.96. The summed E-state index contributed by atoms with van der Waals surface area (Å²) in [6, 6.07) is 13.1. The number of sulfone groups is 1. The lowest BCUT2D eigenvalue weighted by Crippen LogP contribution is -2.29. The predicted octanol–water partition coefficient (Wildman–Crippen LogP) is 1.98. The van der Waals surface area contributed by atoms with Crippen LogP contribution in [0.15, 0.2) is 58.7 Å². The molecule has 9 heteroatoms. The van der Waals surface area contributed by atoms with Gasteiger partial charge < -0.3 is 9.47 Å². The fourth-order valence-electron chi connectivity index (χ4n) is 3.03. The summed E-state index contributed by atoms with van der Waals surface area (Å²) in [5.41, 5.74) is 1.09. The molecule has 0 fully saturated rings. The highest BCUT2D eigenvalue weighted by Gasteiger charge is 2.24. The van der Waals surface area contributed by atoms with E-state index in [1.165, 1.54) is 18.3 Å². The maximum Gasteiger partial charge on any atom is 0.273 e.